The van der Waals surface area contributed by atoms with E-state index in [1.165, 1.54) is 16.7 Å². The standard InChI is InChI=1S/C29H23ClN2O5S2/c1-15-3-10-19(11-4-15)32-27(33)23-22(24-26(31-29(35)39-24)38-25(23)28(32)34)17-7-12-20(21(13-17)36-2)37-14-16-5-8-18(30)9-6-16/h3-13,22-23,25H,14H2,1-2H3,(H,31,35)/t22-,23-,25+/m0/s1. The molecule has 39 heavy (non-hydrogen) atoms. The minimum atomic E-state index is -0.673. The molecule has 3 heterocycles. The van der Waals surface area contributed by atoms with Gasteiger partial charge in [-0.05, 0) is 54.4 Å². The molecule has 0 saturated carbocycles. The average Bonchev–Trinajstić information content (AvgIpc) is 3.43. The van der Waals surface area contributed by atoms with Crippen LogP contribution in [0.4, 0.5) is 5.69 Å². The number of carbonyl (C=O) groups excluding carboxylic acids is 2. The number of H-pyrrole nitrogens is 1. The van der Waals surface area contributed by atoms with Gasteiger partial charge in [0.05, 0.1) is 23.7 Å². The Hall–Kier alpha value is -3.53. The topological polar surface area (TPSA) is 88.7 Å². The molecule has 2 aliphatic heterocycles. The molecule has 3 atom stereocenters. The molecule has 4 aromatic rings. The largest absolute Gasteiger partial charge is 0.493 e. The number of thiazole rings is 1. The zero-order chi connectivity index (χ0) is 27.3. The lowest BCUT2D eigenvalue weighted by Crippen LogP contribution is -2.32. The van der Waals surface area contributed by atoms with Gasteiger partial charge in [0.2, 0.25) is 11.8 Å². The molecular weight excluding hydrogens is 556 g/mol. The highest BCUT2D eigenvalue weighted by Crippen LogP contribution is 2.53. The number of nitrogens with one attached hydrogen (secondary N) is 1. The van der Waals surface area contributed by atoms with Gasteiger partial charge in [-0.1, -0.05) is 70.6 Å². The van der Waals surface area contributed by atoms with Gasteiger partial charge in [0.15, 0.2) is 11.5 Å². The number of imide groups is 1. The van der Waals surface area contributed by atoms with Crippen molar-refractivity contribution < 1.29 is 19.1 Å². The number of aryl methyl sites for hydroxylation is 1. The van der Waals surface area contributed by atoms with Crippen LogP contribution in [0.15, 0.2) is 76.6 Å². The van der Waals surface area contributed by atoms with E-state index in [1.807, 2.05) is 43.3 Å². The molecule has 3 aromatic carbocycles. The maximum atomic E-state index is 13.9. The molecule has 1 fully saturated rings. The predicted octanol–water partition coefficient (Wildman–Crippen LogP) is 5.78. The monoisotopic (exact) mass is 578 g/mol. The molecule has 7 nitrogen and oxygen atoms in total. The predicted molar refractivity (Wildman–Crippen MR) is 152 cm³/mol. The Balaban J connectivity index is 1.37. The van der Waals surface area contributed by atoms with Crippen LogP contribution < -0.4 is 19.2 Å². The Kier molecular flexibility index (Phi) is 6.74. The molecule has 10 heteroatoms. The quantitative estimate of drug-likeness (QED) is 0.292. The number of hydrogen-bond acceptors (Lipinski definition) is 7. The first-order valence-electron chi connectivity index (χ1n) is 12.2. The molecular formula is C29H23ClN2O5S2. The van der Waals surface area contributed by atoms with Crippen LogP contribution in [0, 0.1) is 12.8 Å². The second kappa shape index (κ2) is 10.2. The Morgan fingerprint density at radius 3 is 2.41 bits per heavy atom. The maximum absolute atomic E-state index is 13.9. The van der Waals surface area contributed by atoms with Crippen molar-refractivity contribution in [1.29, 1.82) is 0 Å². The van der Waals surface area contributed by atoms with Crippen molar-refractivity contribution in [2.45, 2.75) is 29.7 Å². The second-order valence-corrected chi connectivity index (χ2v) is 12.0. The number of nitrogens with zero attached hydrogens (tertiary/aromatic N) is 1. The Morgan fingerprint density at radius 2 is 1.69 bits per heavy atom. The molecule has 0 spiro atoms. The summed E-state index contributed by atoms with van der Waals surface area (Å²) in [6, 6.07) is 20.2. The highest BCUT2D eigenvalue weighted by molar-refractivity contribution is 8.00. The Bertz CT molecular complexity index is 1630. The van der Waals surface area contributed by atoms with Crippen LogP contribution in [0.2, 0.25) is 5.02 Å². The molecule has 0 bridgehead atoms. The molecule has 1 saturated heterocycles. The first-order chi connectivity index (χ1) is 18.8. The third kappa shape index (κ3) is 4.64. The van der Waals surface area contributed by atoms with Gasteiger partial charge < -0.3 is 14.5 Å². The van der Waals surface area contributed by atoms with E-state index in [9.17, 15) is 14.4 Å². The number of hydrogen-bond donors (Lipinski definition) is 1. The summed E-state index contributed by atoms with van der Waals surface area (Å²) in [4.78, 5) is 44.5. The van der Waals surface area contributed by atoms with Crippen LogP contribution in [0.3, 0.4) is 0 Å². The second-order valence-electron chi connectivity index (χ2n) is 9.42. The molecule has 0 aliphatic carbocycles. The van der Waals surface area contributed by atoms with Crippen LogP contribution in [0.1, 0.15) is 27.5 Å². The smallest absolute Gasteiger partial charge is 0.305 e. The molecule has 198 valence electrons. The van der Waals surface area contributed by atoms with Crippen LogP contribution in [-0.2, 0) is 16.2 Å². The summed E-state index contributed by atoms with van der Waals surface area (Å²) >= 11 is 8.31. The van der Waals surface area contributed by atoms with E-state index in [2.05, 4.69) is 4.98 Å². The van der Waals surface area contributed by atoms with Gasteiger partial charge in [-0.2, -0.15) is 0 Å². The highest BCUT2D eigenvalue weighted by Gasteiger charge is 2.56. The number of aromatic amines is 1. The lowest BCUT2D eigenvalue weighted by molar-refractivity contribution is -0.122. The number of anilines is 1. The summed E-state index contributed by atoms with van der Waals surface area (Å²) < 4.78 is 11.7. The molecule has 2 amide bonds. The van der Waals surface area contributed by atoms with Crippen LogP contribution in [0.5, 0.6) is 11.5 Å². The summed E-state index contributed by atoms with van der Waals surface area (Å²) in [7, 11) is 1.55. The number of methoxy groups -OCH3 is 1. The van der Waals surface area contributed by atoms with Crippen molar-refractivity contribution in [1.82, 2.24) is 4.98 Å². The summed E-state index contributed by atoms with van der Waals surface area (Å²) in [6.07, 6.45) is 0. The minimum absolute atomic E-state index is 0.220. The maximum Gasteiger partial charge on any atom is 0.305 e. The van der Waals surface area contributed by atoms with Crippen molar-refractivity contribution in [3.05, 3.63) is 103 Å². The Morgan fingerprint density at radius 1 is 0.949 bits per heavy atom. The van der Waals surface area contributed by atoms with Gasteiger partial charge in [-0.15, -0.1) is 0 Å². The SMILES string of the molecule is COc1cc([C@@H]2c3sc(=O)[nH]c3S[C@H]3C(=O)N(c4ccc(C)cc4)C(=O)[C@@H]23)ccc1OCc1ccc(Cl)cc1. The number of amides is 2. The van der Waals surface area contributed by atoms with Gasteiger partial charge in [0.25, 0.3) is 0 Å². The van der Waals surface area contributed by atoms with E-state index < -0.39 is 17.1 Å². The van der Waals surface area contributed by atoms with Gasteiger partial charge in [-0.25, -0.2) is 4.90 Å². The fourth-order valence-electron chi connectivity index (χ4n) is 5.06. The lowest BCUT2D eigenvalue weighted by atomic mass is 9.83. The third-order valence-electron chi connectivity index (χ3n) is 6.97. The molecule has 0 unspecified atom stereocenters. The van der Waals surface area contributed by atoms with Gasteiger partial charge >= 0.3 is 4.87 Å². The van der Waals surface area contributed by atoms with Gasteiger partial charge in [0.1, 0.15) is 11.9 Å². The molecule has 1 N–H and O–H groups in total. The molecule has 6 rings (SSSR count). The first kappa shape index (κ1) is 25.7. The minimum Gasteiger partial charge on any atom is -0.493 e. The summed E-state index contributed by atoms with van der Waals surface area (Å²) in [6.45, 7) is 2.27. The number of fused-ring (bicyclic) bond motifs is 2. The fourth-order valence-corrected chi connectivity index (χ4v) is 7.70. The average molecular weight is 579 g/mol. The van der Waals surface area contributed by atoms with E-state index in [0.29, 0.717) is 33.8 Å². The zero-order valence-electron chi connectivity index (χ0n) is 21.0. The molecule has 0 radical (unpaired) electrons. The number of benzene rings is 3. The normalized spacial score (nSPS) is 20.1. The van der Waals surface area contributed by atoms with E-state index in [1.54, 1.807) is 37.4 Å². The Labute approximate surface area is 237 Å². The number of carbonyl (C=O) groups is 2. The van der Waals surface area contributed by atoms with Crippen LogP contribution in [0.25, 0.3) is 0 Å². The van der Waals surface area contributed by atoms with Gasteiger partial charge in [0, 0.05) is 15.8 Å². The summed E-state index contributed by atoms with van der Waals surface area (Å²) in [5.41, 5.74) is 3.30. The van der Waals surface area contributed by atoms with Crippen molar-refractivity contribution in [2.24, 2.45) is 5.92 Å². The van der Waals surface area contributed by atoms with E-state index in [4.69, 9.17) is 21.1 Å². The number of thioether (sulfide) groups is 1. The van der Waals surface area contributed by atoms with E-state index >= 15 is 0 Å². The summed E-state index contributed by atoms with van der Waals surface area (Å²) in [5.74, 6) is -0.700. The van der Waals surface area contributed by atoms with Crippen LogP contribution >= 0.6 is 34.7 Å². The van der Waals surface area contributed by atoms with Crippen LogP contribution in [-0.4, -0.2) is 29.2 Å². The zero-order valence-corrected chi connectivity index (χ0v) is 23.4. The number of halogens is 1. The van der Waals surface area contributed by atoms with Gasteiger partial charge in [-0.3, -0.25) is 14.4 Å². The fraction of sp³-hybridized carbons (Fsp3) is 0.207. The van der Waals surface area contributed by atoms with Crippen molar-refractivity contribution in [2.75, 3.05) is 12.0 Å². The van der Waals surface area contributed by atoms with Crippen molar-refractivity contribution >= 4 is 52.2 Å². The van der Waals surface area contributed by atoms with E-state index in [0.717, 1.165) is 32.9 Å². The number of aromatic nitrogens is 1. The van der Waals surface area contributed by atoms with E-state index in [-0.39, 0.29) is 16.7 Å². The first-order valence-corrected chi connectivity index (χ1v) is 14.3. The lowest BCUT2D eigenvalue weighted by Gasteiger charge is -2.30. The molecule has 2 aliphatic rings. The van der Waals surface area contributed by atoms with Crippen molar-refractivity contribution in [3.8, 4) is 11.5 Å². The number of rotatable bonds is 6. The third-order valence-corrected chi connectivity index (χ3v) is 9.62. The summed E-state index contributed by atoms with van der Waals surface area (Å²) in [5, 5.41) is 0.621. The molecule has 1 aromatic heterocycles. The van der Waals surface area contributed by atoms with Crippen molar-refractivity contribution in [3.63, 3.8) is 0 Å². The number of ether oxygens (including phenoxy) is 2. The highest BCUT2D eigenvalue weighted by atomic mass is 35.5.